The second-order valence-electron chi connectivity index (χ2n) is 9.99. The molecule has 0 radical (unpaired) electrons. The van der Waals surface area contributed by atoms with Gasteiger partial charge in [0.1, 0.15) is 26.9 Å². The molecule has 268 valence electrons. The van der Waals surface area contributed by atoms with E-state index in [1.54, 1.807) is 0 Å². The van der Waals surface area contributed by atoms with Gasteiger partial charge in [-0.15, -0.1) is 10.2 Å². The lowest BCUT2D eigenvalue weighted by Crippen LogP contribution is -2.06. The van der Waals surface area contributed by atoms with Crippen LogP contribution < -0.4 is 16.4 Å². The molecule has 5 rings (SSSR count). The smallest absolute Gasteiger partial charge is 0.296 e. The van der Waals surface area contributed by atoms with Gasteiger partial charge in [-0.05, 0) is 65.5 Å². The highest BCUT2D eigenvalue weighted by atomic mass is 35.5. The van der Waals surface area contributed by atoms with Crippen LogP contribution in [0.4, 0.5) is 40.3 Å². The molecule has 0 amide bonds. The van der Waals surface area contributed by atoms with Gasteiger partial charge in [-0.2, -0.15) is 48.6 Å². The minimum atomic E-state index is -5.21. The van der Waals surface area contributed by atoms with Gasteiger partial charge in [0.25, 0.3) is 40.5 Å². The molecule has 4 aromatic carbocycles. The molecule has 5 aromatic rings. The second kappa shape index (κ2) is 13.2. The van der Waals surface area contributed by atoms with Gasteiger partial charge in [-0.25, -0.2) is 0 Å². The number of nitrogens with zero attached hydrogens (tertiary/aromatic N) is 5. The van der Waals surface area contributed by atoms with Crippen molar-refractivity contribution in [3.8, 4) is 5.75 Å². The highest BCUT2D eigenvalue weighted by molar-refractivity contribution is 7.86. The molecule has 0 unspecified atom stereocenters. The summed E-state index contributed by atoms with van der Waals surface area (Å²) < 4.78 is 134. The molecule has 0 bridgehead atoms. The summed E-state index contributed by atoms with van der Waals surface area (Å²) in [6, 6.07) is 9.93. The third-order valence-electron chi connectivity index (χ3n) is 6.49. The number of rotatable bonds is 10. The Labute approximate surface area is 291 Å². The summed E-state index contributed by atoms with van der Waals surface area (Å²) in [7, 11) is -19.7. The highest BCUT2D eigenvalue weighted by Crippen LogP contribution is 2.43. The van der Waals surface area contributed by atoms with E-state index in [1.807, 2.05) is 0 Å². The summed E-state index contributed by atoms with van der Waals surface area (Å²) >= 11 is 5.98. The number of phenols is 1. The number of halogens is 1. The number of nitrogens with one attached hydrogen (secondary N) is 2. The Morgan fingerprint density at radius 2 is 1.24 bits per heavy atom. The van der Waals surface area contributed by atoms with Gasteiger partial charge in [-0.1, -0.05) is 6.07 Å². The standard InChI is InChI=1S/C25H19ClN8O13S4/c26-23-30-24(28-12-2-1-3-14(8-12)48(36,37)38)32-25(31-23)29-13-4-5-16(18(9-13)50(42,43)44)33-34-22-19(51(45,46)47)7-11-6-15(49(39,40)41)10-17(35)20(11)21(22)27/h1-10,35H,27H2,(H,36,37,38)(H,39,40,41)(H,42,43,44)(H,45,46,47)(H2,28,29,30,31,32). The molecular formula is C25H19ClN8O13S4. The molecule has 26 heteroatoms. The Morgan fingerprint density at radius 1 is 0.647 bits per heavy atom. The summed E-state index contributed by atoms with van der Waals surface area (Å²) in [5, 5.41) is 21.9. The maximum absolute atomic E-state index is 12.3. The summed E-state index contributed by atoms with van der Waals surface area (Å²) in [6.45, 7) is 0. The van der Waals surface area contributed by atoms with Crippen LogP contribution in [-0.2, 0) is 40.5 Å². The Morgan fingerprint density at radius 3 is 1.80 bits per heavy atom. The quantitative estimate of drug-likeness (QED) is 0.0564. The van der Waals surface area contributed by atoms with Crippen molar-refractivity contribution in [2.24, 2.45) is 10.2 Å². The number of nitrogen functional groups attached to an aromatic ring is 1. The molecule has 0 atom stereocenters. The number of aromatic nitrogens is 3. The molecule has 0 fully saturated rings. The largest absolute Gasteiger partial charge is 0.507 e. The average Bonchev–Trinajstić information content (AvgIpc) is 2.98. The predicted molar refractivity (Wildman–Crippen MR) is 178 cm³/mol. The molecule has 51 heavy (non-hydrogen) atoms. The van der Waals surface area contributed by atoms with Crippen LogP contribution in [-0.4, -0.2) is 71.9 Å². The van der Waals surface area contributed by atoms with E-state index >= 15 is 0 Å². The van der Waals surface area contributed by atoms with Crippen LogP contribution in [0, 0.1) is 0 Å². The molecule has 0 aliphatic heterocycles. The third-order valence-corrected chi connectivity index (χ3v) is 10.1. The first-order valence-electron chi connectivity index (χ1n) is 13.1. The van der Waals surface area contributed by atoms with Gasteiger partial charge >= 0.3 is 0 Å². The summed E-state index contributed by atoms with van der Waals surface area (Å²) in [4.78, 5) is 8.49. The van der Waals surface area contributed by atoms with Crippen molar-refractivity contribution < 1.29 is 57.0 Å². The molecule has 9 N–H and O–H groups in total. The molecule has 0 saturated carbocycles. The summed E-state index contributed by atoms with van der Waals surface area (Å²) in [5.74, 6) is -1.38. The van der Waals surface area contributed by atoms with E-state index in [0.717, 1.165) is 30.3 Å². The number of fused-ring (bicyclic) bond motifs is 1. The first kappa shape index (κ1) is 37.1. The van der Waals surface area contributed by atoms with Gasteiger partial charge in [0, 0.05) is 22.8 Å². The van der Waals surface area contributed by atoms with Gasteiger partial charge in [0.2, 0.25) is 17.2 Å². The lowest BCUT2D eigenvalue weighted by Gasteiger charge is -2.12. The van der Waals surface area contributed by atoms with Gasteiger partial charge in [0.15, 0.2) is 0 Å². The predicted octanol–water partition coefficient (Wildman–Crippen LogP) is 3.86. The first-order chi connectivity index (χ1) is 23.5. The molecule has 0 aliphatic carbocycles. The summed E-state index contributed by atoms with van der Waals surface area (Å²) in [6.07, 6.45) is 0. The minimum Gasteiger partial charge on any atom is -0.507 e. The fourth-order valence-corrected chi connectivity index (χ4v) is 6.92. The van der Waals surface area contributed by atoms with Gasteiger partial charge < -0.3 is 21.5 Å². The van der Waals surface area contributed by atoms with E-state index in [1.165, 1.54) is 18.2 Å². The van der Waals surface area contributed by atoms with Crippen molar-refractivity contribution in [2.75, 3.05) is 16.4 Å². The monoisotopic (exact) mass is 802 g/mol. The molecular weight excluding hydrogens is 784 g/mol. The van der Waals surface area contributed by atoms with Crippen LogP contribution in [0.3, 0.4) is 0 Å². The lowest BCUT2D eigenvalue weighted by molar-refractivity contribution is 0.471. The fraction of sp³-hybridized carbons (Fsp3) is 0. The number of hydrogen-bond acceptors (Lipinski definition) is 17. The van der Waals surface area contributed by atoms with E-state index in [4.69, 9.17) is 17.3 Å². The number of phenolic OH excluding ortho intramolecular Hbond substituents is 1. The van der Waals surface area contributed by atoms with Crippen LogP contribution >= 0.6 is 11.6 Å². The first-order valence-corrected chi connectivity index (χ1v) is 19.2. The van der Waals surface area contributed by atoms with Crippen LogP contribution in [0.1, 0.15) is 0 Å². The Hall–Kier alpha value is -5.12. The molecule has 1 heterocycles. The Balaban J connectivity index is 1.53. The maximum atomic E-state index is 12.3. The van der Waals surface area contributed by atoms with E-state index < -0.39 is 82.9 Å². The van der Waals surface area contributed by atoms with Crippen LogP contribution in [0.2, 0.25) is 5.28 Å². The van der Waals surface area contributed by atoms with E-state index in [-0.39, 0.29) is 39.3 Å². The van der Waals surface area contributed by atoms with E-state index in [0.29, 0.717) is 12.1 Å². The average molecular weight is 803 g/mol. The molecule has 0 aliphatic rings. The number of nitrogens with two attached hydrogens (primary N) is 1. The van der Waals surface area contributed by atoms with Crippen LogP contribution in [0.5, 0.6) is 5.75 Å². The summed E-state index contributed by atoms with van der Waals surface area (Å²) in [5.41, 5.74) is 3.93. The number of benzene rings is 4. The Kier molecular flexibility index (Phi) is 9.62. The molecule has 0 spiro atoms. The maximum Gasteiger partial charge on any atom is 0.296 e. The third kappa shape index (κ3) is 8.44. The van der Waals surface area contributed by atoms with E-state index in [9.17, 15) is 57.0 Å². The molecule has 0 saturated heterocycles. The second-order valence-corrected chi connectivity index (χ2v) is 16.0. The molecule has 1 aromatic heterocycles. The van der Waals surface area contributed by atoms with Crippen molar-refractivity contribution in [2.45, 2.75) is 19.6 Å². The zero-order valence-corrected chi connectivity index (χ0v) is 28.6. The van der Waals surface area contributed by atoms with E-state index in [2.05, 4.69) is 35.8 Å². The molecule has 21 nitrogen and oxygen atoms in total. The topological polar surface area (TPSA) is 351 Å². The number of aromatic hydroxyl groups is 1. The Bertz CT molecular complexity index is 2750. The number of anilines is 5. The minimum absolute atomic E-state index is 0.105. The van der Waals surface area contributed by atoms with Crippen molar-refractivity contribution in [1.82, 2.24) is 15.0 Å². The normalized spacial score (nSPS) is 12.7. The fourth-order valence-electron chi connectivity index (χ4n) is 4.38. The zero-order chi connectivity index (χ0) is 37.7. The van der Waals surface area contributed by atoms with Gasteiger partial charge in [0.05, 0.1) is 15.5 Å². The SMILES string of the molecule is Nc1c(N=Nc2ccc(Nc3nc(Cl)nc(Nc4cccc(S(=O)(=O)O)c4)n3)cc2S(=O)(=O)O)c(S(=O)(=O)O)cc2cc(S(=O)(=O)O)cc(O)c12. The zero-order valence-electron chi connectivity index (χ0n) is 24.6. The highest BCUT2D eigenvalue weighted by Gasteiger charge is 2.25. The van der Waals surface area contributed by atoms with Crippen molar-refractivity contribution in [1.29, 1.82) is 0 Å². The van der Waals surface area contributed by atoms with Crippen molar-refractivity contribution in [3.63, 3.8) is 0 Å². The van der Waals surface area contributed by atoms with Gasteiger partial charge in [-0.3, -0.25) is 18.2 Å². The van der Waals surface area contributed by atoms with Crippen LogP contribution in [0.15, 0.2) is 90.5 Å². The van der Waals surface area contributed by atoms with Crippen LogP contribution in [0.25, 0.3) is 10.8 Å². The number of hydrogen-bond donors (Lipinski definition) is 8. The number of azo groups is 1. The lowest BCUT2D eigenvalue weighted by atomic mass is 10.1. The van der Waals surface area contributed by atoms with Crippen molar-refractivity contribution in [3.05, 3.63) is 65.9 Å². The van der Waals surface area contributed by atoms with Crippen molar-refractivity contribution >= 4 is 103 Å².